The monoisotopic (exact) mass is 398 g/mol. The molecule has 0 radical (unpaired) electrons. The first-order chi connectivity index (χ1) is 13.5. The van der Waals surface area contributed by atoms with Gasteiger partial charge in [-0.2, -0.15) is 0 Å². The predicted molar refractivity (Wildman–Crippen MR) is 109 cm³/mol. The van der Waals surface area contributed by atoms with E-state index < -0.39 is 23.8 Å². The molecule has 28 heavy (non-hydrogen) atoms. The van der Waals surface area contributed by atoms with E-state index in [9.17, 15) is 19.5 Å². The average molecular weight is 398 g/mol. The highest BCUT2D eigenvalue weighted by molar-refractivity contribution is 7.18. The Morgan fingerprint density at radius 3 is 2.68 bits per heavy atom. The molecule has 1 aliphatic carbocycles. The van der Waals surface area contributed by atoms with Gasteiger partial charge in [0.05, 0.1) is 5.39 Å². The maximum Gasteiger partial charge on any atom is 0.332 e. The molecule has 0 saturated carbocycles. The van der Waals surface area contributed by atoms with E-state index in [0.717, 1.165) is 39.8 Å². The van der Waals surface area contributed by atoms with Gasteiger partial charge >= 0.3 is 11.7 Å². The van der Waals surface area contributed by atoms with Crippen LogP contribution >= 0.6 is 11.3 Å². The molecule has 1 aromatic carbocycles. The summed E-state index contributed by atoms with van der Waals surface area (Å²) in [6, 6.07) is 9.83. The summed E-state index contributed by atoms with van der Waals surface area (Å²) in [5, 5.41) is 9.75. The molecule has 0 saturated heterocycles. The number of carboxylic acids is 1. The lowest BCUT2D eigenvalue weighted by atomic mass is 9.89. The van der Waals surface area contributed by atoms with Crippen LogP contribution in [0.5, 0.6) is 0 Å². The van der Waals surface area contributed by atoms with Crippen LogP contribution in [0.15, 0.2) is 39.9 Å². The second-order valence-corrected chi connectivity index (χ2v) is 8.57. The number of aryl methyl sites for hydroxylation is 3. The number of thiophene rings is 1. The SMILES string of the molecule is CC1CCc2sc3c(c2C1)c(=O)n(CC(=O)O)c(=O)n3CCc1ccccc1. The molecule has 7 heteroatoms. The van der Waals surface area contributed by atoms with Gasteiger partial charge in [-0.1, -0.05) is 37.3 Å². The van der Waals surface area contributed by atoms with E-state index in [1.54, 1.807) is 4.57 Å². The van der Waals surface area contributed by atoms with Crippen molar-refractivity contribution in [1.29, 1.82) is 0 Å². The van der Waals surface area contributed by atoms with Crippen LogP contribution in [0.4, 0.5) is 0 Å². The minimum Gasteiger partial charge on any atom is -0.480 e. The minimum absolute atomic E-state index is 0.411. The molecule has 2 aromatic heterocycles. The van der Waals surface area contributed by atoms with E-state index in [4.69, 9.17) is 0 Å². The van der Waals surface area contributed by atoms with Crippen LogP contribution < -0.4 is 11.2 Å². The third-order valence-corrected chi connectivity index (χ3v) is 6.73. The van der Waals surface area contributed by atoms with Gasteiger partial charge in [0.25, 0.3) is 5.56 Å². The number of fused-ring (bicyclic) bond motifs is 3. The number of hydrogen-bond acceptors (Lipinski definition) is 4. The van der Waals surface area contributed by atoms with E-state index in [2.05, 4.69) is 6.92 Å². The molecule has 146 valence electrons. The number of aromatic nitrogens is 2. The maximum absolute atomic E-state index is 13.0. The highest BCUT2D eigenvalue weighted by atomic mass is 32.1. The number of carbonyl (C=O) groups is 1. The van der Waals surface area contributed by atoms with Gasteiger partial charge in [-0.15, -0.1) is 11.3 Å². The van der Waals surface area contributed by atoms with Gasteiger partial charge < -0.3 is 5.11 Å². The number of nitrogens with zero attached hydrogens (tertiary/aromatic N) is 2. The average Bonchev–Trinajstić information content (AvgIpc) is 3.04. The normalized spacial score (nSPS) is 16.2. The van der Waals surface area contributed by atoms with Crippen molar-refractivity contribution >= 4 is 27.5 Å². The van der Waals surface area contributed by atoms with Crippen molar-refractivity contribution < 1.29 is 9.90 Å². The van der Waals surface area contributed by atoms with Gasteiger partial charge in [0.2, 0.25) is 0 Å². The maximum atomic E-state index is 13.0. The van der Waals surface area contributed by atoms with Crippen LogP contribution in [0.1, 0.15) is 29.3 Å². The number of benzene rings is 1. The van der Waals surface area contributed by atoms with Gasteiger partial charge in [0, 0.05) is 11.4 Å². The molecule has 0 fully saturated rings. The summed E-state index contributed by atoms with van der Waals surface area (Å²) in [4.78, 5) is 39.2. The van der Waals surface area contributed by atoms with Gasteiger partial charge in [-0.3, -0.25) is 14.2 Å². The molecule has 4 rings (SSSR count). The Hall–Kier alpha value is -2.67. The Kier molecular flexibility index (Phi) is 4.93. The van der Waals surface area contributed by atoms with Crippen LogP contribution in [-0.4, -0.2) is 20.2 Å². The van der Waals surface area contributed by atoms with Gasteiger partial charge in [0.15, 0.2) is 0 Å². The van der Waals surface area contributed by atoms with Crippen molar-refractivity contribution in [1.82, 2.24) is 9.13 Å². The Labute approximate surface area is 165 Å². The van der Waals surface area contributed by atoms with Gasteiger partial charge in [-0.25, -0.2) is 9.36 Å². The molecular formula is C21H22N2O4S. The third kappa shape index (κ3) is 3.30. The summed E-state index contributed by atoms with van der Waals surface area (Å²) in [6.07, 6.45) is 3.41. The van der Waals surface area contributed by atoms with Crippen LogP contribution in [0.3, 0.4) is 0 Å². The van der Waals surface area contributed by atoms with Crippen molar-refractivity contribution in [2.24, 2.45) is 5.92 Å². The fourth-order valence-corrected chi connectivity index (χ4v) is 5.32. The van der Waals surface area contributed by atoms with Crippen LogP contribution in [0, 0.1) is 5.92 Å². The second kappa shape index (κ2) is 7.39. The number of aliphatic carboxylic acids is 1. The molecule has 2 heterocycles. The van der Waals surface area contributed by atoms with Gasteiger partial charge in [-0.05, 0) is 42.7 Å². The molecule has 1 aliphatic rings. The zero-order valence-corrected chi connectivity index (χ0v) is 16.5. The zero-order chi connectivity index (χ0) is 19.8. The molecule has 0 bridgehead atoms. The van der Waals surface area contributed by atoms with Crippen molar-refractivity contribution in [3.63, 3.8) is 0 Å². The second-order valence-electron chi connectivity index (χ2n) is 7.49. The zero-order valence-electron chi connectivity index (χ0n) is 15.7. The van der Waals surface area contributed by atoms with Crippen molar-refractivity contribution in [2.75, 3.05) is 0 Å². The lowest BCUT2D eigenvalue weighted by Crippen LogP contribution is -2.41. The summed E-state index contributed by atoms with van der Waals surface area (Å²) < 4.78 is 2.47. The van der Waals surface area contributed by atoms with E-state index in [1.807, 2.05) is 30.3 Å². The first-order valence-corrected chi connectivity index (χ1v) is 10.3. The predicted octanol–water partition coefficient (Wildman–Crippen LogP) is 2.68. The summed E-state index contributed by atoms with van der Waals surface area (Å²) in [5.74, 6) is -0.715. The highest BCUT2D eigenvalue weighted by Gasteiger charge is 2.26. The van der Waals surface area contributed by atoms with Crippen LogP contribution in [0.2, 0.25) is 0 Å². The van der Waals surface area contributed by atoms with E-state index in [-0.39, 0.29) is 0 Å². The standard InChI is InChI=1S/C21H22N2O4S/c1-13-7-8-16-15(11-13)18-19(26)23(12-17(24)25)21(27)22(20(18)28-16)10-9-14-5-3-2-4-6-14/h2-6,13H,7-12H2,1H3,(H,24,25). The number of carboxylic acid groups (broad SMARTS) is 1. The van der Waals surface area contributed by atoms with Crippen molar-refractivity contribution in [2.45, 2.75) is 45.7 Å². The summed E-state index contributed by atoms with van der Waals surface area (Å²) >= 11 is 1.52. The molecule has 1 atom stereocenters. The largest absolute Gasteiger partial charge is 0.480 e. The molecule has 1 unspecified atom stereocenters. The first-order valence-electron chi connectivity index (χ1n) is 9.49. The number of hydrogen-bond donors (Lipinski definition) is 1. The topological polar surface area (TPSA) is 81.3 Å². The fourth-order valence-electron chi connectivity index (χ4n) is 3.97. The summed E-state index contributed by atoms with van der Waals surface area (Å²) in [7, 11) is 0. The molecule has 0 amide bonds. The van der Waals surface area contributed by atoms with E-state index in [1.165, 1.54) is 11.3 Å². The first kappa shape index (κ1) is 18.7. The third-order valence-electron chi connectivity index (χ3n) is 5.42. The molecule has 0 aliphatic heterocycles. The molecule has 1 N–H and O–H groups in total. The lowest BCUT2D eigenvalue weighted by Gasteiger charge is -2.18. The Morgan fingerprint density at radius 1 is 1.21 bits per heavy atom. The molecule has 0 spiro atoms. The molecule has 3 aromatic rings. The summed E-state index contributed by atoms with van der Waals surface area (Å²) in [6.45, 7) is 1.96. The fraction of sp³-hybridized carbons (Fsp3) is 0.381. The Bertz CT molecular complexity index is 1160. The van der Waals surface area contributed by atoms with Crippen molar-refractivity contribution in [3.05, 3.63) is 67.2 Å². The molecular weight excluding hydrogens is 376 g/mol. The van der Waals surface area contributed by atoms with Crippen molar-refractivity contribution in [3.8, 4) is 0 Å². The minimum atomic E-state index is -1.19. The van der Waals surface area contributed by atoms with Gasteiger partial charge in [0.1, 0.15) is 11.4 Å². The molecule has 6 nitrogen and oxygen atoms in total. The van der Waals surface area contributed by atoms with E-state index >= 15 is 0 Å². The number of rotatable bonds is 5. The Balaban J connectivity index is 1.90. The van der Waals surface area contributed by atoms with Crippen LogP contribution in [0.25, 0.3) is 10.2 Å². The smallest absolute Gasteiger partial charge is 0.332 e. The van der Waals surface area contributed by atoms with Crippen LogP contribution in [-0.2, 0) is 37.1 Å². The van der Waals surface area contributed by atoms with E-state index in [0.29, 0.717) is 29.1 Å². The Morgan fingerprint density at radius 2 is 1.96 bits per heavy atom. The quantitative estimate of drug-likeness (QED) is 0.716. The lowest BCUT2D eigenvalue weighted by molar-refractivity contribution is -0.137. The summed E-state index contributed by atoms with van der Waals surface area (Å²) in [5.41, 5.74) is 1.09. The highest BCUT2D eigenvalue weighted by Crippen LogP contribution is 2.36.